The molecule has 0 fully saturated rings. The normalized spacial score (nSPS) is 12.1. The predicted molar refractivity (Wildman–Crippen MR) is 64.2 cm³/mol. The Bertz CT molecular complexity index is 488. The van der Waals surface area contributed by atoms with Gasteiger partial charge in [0.1, 0.15) is 0 Å². The topological polar surface area (TPSA) is 82.1 Å². The van der Waals surface area contributed by atoms with Crippen LogP contribution in [0.25, 0.3) is 11.0 Å². The van der Waals surface area contributed by atoms with E-state index in [0.29, 0.717) is 18.1 Å². The predicted octanol–water partition coefficient (Wildman–Crippen LogP) is -0.153. The zero-order valence-electron chi connectivity index (χ0n) is 8.57. The number of anilines is 2. The molecule has 5 nitrogen and oxygen atoms in total. The van der Waals surface area contributed by atoms with Crippen LogP contribution >= 0.6 is 0 Å². The Labute approximate surface area is 94.6 Å². The number of aliphatic hydroxyl groups is 1. The molecule has 0 bridgehead atoms. The first kappa shape index (κ1) is 10.5. The Kier molecular flexibility index (Phi) is 2.67. The van der Waals surface area contributed by atoms with Crippen molar-refractivity contribution in [1.29, 1.82) is 0 Å². The fraction of sp³-hybridized carbons (Fsp3) is 0.333. The molecule has 0 aliphatic heterocycles. The first-order valence-corrected chi connectivity index (χ1v) is 7.77. The van der Waals surface area contributed by atoms with Crippen molar-refractivity contribution in [1.82, 2.24) is 8.05 Å². The monoisotopic (exact) mass is 270 g/mol. The summed E-state index contributed by atoms with van der Waals surface area (Å²) in [4.78, 5) is 0. The van der Waals surface area contributed by atoms with Crippen LogP contribution in [0.1, 0.15) is 0 Å². The summed E-state index contributed by atoms with van der Waals surface area (Å²) in [5.41, 5.74) is 15.7. The number of hydrogen-bond acceptors (Lipinski definition) is 3. The summed E-state index contributed by atoms with van der Waals surface area (Å²) in [5.74, 6) is 0.662. The minimum atomic E-state index is -0.317. The maximum atomic E-state index is 8.95. The van der Waals surface area contributed by atoms with Crippen LogP contribution in [-0.4, -0.2) is 35.7 Å². The van der Waals surface area contributed by atoms with Crippen LogP contribution < -0.4 is 11.5 Å². The third-order valence-corrected chi connectivity index (χ3v) is 4.41. The van der Waals surface area contributed by atoms with E-state index in [0.717, 1.165) is 11.0 Å². The van der Waals surface area contributed by atoms with Crippen molar-refractivity contribution in [3.05, 3.63) is 12.3 Å². The maximum absolute atomic E-state index is 8.95. The van der Waals surface area contributed by atoms with Gasteiger partial charge in [-0.3, -0.25) is 0 Å². The van der Waals surface area contributed by atoms with Gasteiger partial charge < -0.3 is 0 Å². The summed E-state index contributed by atoms with van der Waals surface area (Å²) in [6.45, 7) is 0.705. The number of nitrogens with two attached hydrogens (primary N) is 2. The van der Waals surface area contributed by atoms with Crippen LogP contribution in [0.2, 0.25) is 5.71 Å². The average molecular weight is 270 g/mol. The summed E-state index contributed by atoms with van der Waals surface area (Å²) >= 11 is -0.317. The second-order valence-corrected chi connectivity index (χ2v) is 5.20. The molecular formula is C9H15AsN4O. The molecule has 5 N–H and O–H groups in total. The van der Waals surface area contributed by atoms with E-state index >= 15 is 0 Å². The van der Waals surface area contributed by atoms with E-state index < -0.39 is 0 Å². The van der Waals surface area contributed by atoms with Gasteiger partial charge in [0, 0.05) is 0 Å². The van der Waals surface area contributed by atoms with Gasteiger partial charge in [0.25, 0.3) is 0 Å². The SMILES string of the molecule is C[AsH]n1c(N)c(N)c2ccn(CCO)c21. The molecule has 0 saturated heterocycles. The van der Waals surface area contributed by atoms with E-state index in [1.165, 1.54) is 0 Å². The fourth-order valence-corrected chi connectivity index (χ4v) is 3.54. The summed E-state index contributed by atoms with van der Waals surface area (Å²) < 4.78 is 4.08. The Balaban J connectivity index is 2.71. The zero-order valence-corrected chi connectivity index (χ0v) is 10.7. The third kappa shape index (κ3) is 1.43. The molecule has 0 saturated carbocycles. The molecule has 6 heteroatoms. The second kappa shape index (κ2) is 3.83. The van der Waals surface area contributed by atoms with E-state index in [9.17, 15) is 0 Å². The quantitative estimate of drug-likeness (QED) is 0.678. The number of rotatable bonds is 3. The first-order valence-electron chi connectivity index (χ1n) is 4.73. The van der Waals surface area contributed by atoms with Gasteiger partial charge in [-0.25, -0.2) is 0 Å². The molecule has 82 valence electrons. The number of aromatic nitrogens is 2. The minimum absolute atomic E-state index is 0.123. The van der Waals surface area contributed by atoms with E-state index in [2.05, 4.69) is 9.20 Å². The van der Waals surface area contributed by atoms with Gasteiger partial charge in [-0.2, -0.15) is 0 Å². The van der Waals surface area contributed by atoms with E-state index in [-0.39, 0.29) is 22.6 Å². The standard InChI is InChI=1S/C9H15AsN4O/c1-10-14-8(12)7(11)6-2-3-13(4-5-15)9(6)14/h2-3,10,15H,4-5,11-12H2,1H3. The number of nitrogens with zero attached hydrogens (tertiary/aromatic N) is 2. The molecule has 15 heavy (non-hydrogen) atoms. The zero-order chi connectivity index (χ0) is 11.0. The second-order valence-electron chi connectivity index (χ2n) is 3.33. The van der Waals surface area contributed by atoms with Crippen LogP contribution in [0.5, 0.6) is 0 Å². The van der Waals surface area contributed by atoms with Gasteiger partial charge in [-0.1, -0.05) is 0 Å². The molecule has 2 aromatic rings. The third-order valence-electron chi connectivity index (χ3n) is 2.52. The Morgan fingerprint density at radius 2 is 2.20 bits per heavy atom. The molecule has 0 aliphatic rings. The van der Waals surface area contributed by atoms with Gasteiger partial charge in [0.15, 0.2) is 0 Å². The molecule has 1 unspecified atom stereocenters. The van der Waals surface area contributed by atoms with Crippen molar-refractivity contribution in [3.63, 3.8) is 0 Å². The van der Waals surface area contributed by atoms with E-state index in [1.54, 1.807) is 0 Å². The van der Waals surface area contributed by atoms with E-state index in [4.69, 9.17) is 16.6 Å². The summed E-state index contributed by atoms with van der Waals surface area (Å²) in [6.07, 6.45) is 1.94. The summed E-state index contributed by atoms with van der Waals surface area (Å²) in [5, 5.41) is 9.95. The molecule has 0 spiro atoms. The van der Waals surface area contributed by atoms with Crippen LogP contribution in [0.4, 0.5) is 11.5 Å². The van der Waals surface area contributed by atoms with Crippen LogP contribution in [0, 0.1) is 0 Å². The first-order chi connectivity index (χ1) is 7.20. The molecule has 2 heterocycles. The number of hydrogen-bond donors (Lipinski definition) is 3. The van der Waals surface area contributed by atoms with E-state index in [1.807, 2.05) is 16.8 Å². The molecular weight excluding hydrogens is 255 g/mol. The molecule has 0 amide bonds. The molecule has 2 rings (SSSR count). The van der Waals surface area contributed by atoms with Gasteiger partial charge in [0.2, 0.25) is 0 Å². The van der Waals surface area contributed by atoms with Gasteiger partial charge in [-0.15, -0.1) is 0 Å². The molecule has 0 aliphatic carbocycles. The molecule has 0 aromatic carbocycles. The van der Waals surface area contributed by atoms with Crippen molar-refractivity contribution in [3.8, 4) is 0 Å². The van der Waals surface area contributed by atoms with Crippen LogP contribution in [-0.2, 0) is 6.54 Å². The number of fused-ring (bicyclic) bond motifs is 1. The number of nitrogen functional groups attached to an aromatic ring is 2. The van der Waals surface area contributed by atoms with Crippen LogP contribution in [0.3, 0.4) is 0 Å². The summed E-state index contributed by atoms with van der Waals surface area (Å²) in [7, 11) is 0. The van der Waals surface area contributed by atoms with Crippen molar-refractivity contribution >= 4 is 38.5 Å². The van der Waals surface area contributed by atoms with Crippen molar-refractivity contribution in [2.24, 2.45) is 0 Å². The van der Waals surface area contributed by atoms with Gasteiger partial charge >= 0.3 is 94.3 Å². The average Bonchev–Trinajstić information content (AvgIpc) is 2.72. The van der Waals surface area contributed by atoms with Crippen molar-refractivity contribution in [2.45, 2.75) is 12.3 Å². The fourth-order valence-electron chi connectivity index (χ4n) is 1.81. The van der Waals surface area contributed by atoms with Crippen molar-refractivity contribution < 1.29 is 5.11 Å². The Morgan fingerprint density at radius 3 is 2.80 bits per heavy atom. The molecule has 0 radical (unpaired) electrons. The van der Waals surface area contributed by atoms with Crippen molar-refractivity contribution in [2.75, 3.05) is 18.1 Å². The Hall–Kier alpha value is -1.06. The number of aliphatic hydroxyl groups excluding tert-OH is 1. The molecule has 1 atom stereocenters. The van der Waals surface area contributed by atoms with Gasteiger partial charge in [-0.05, 0) is 0 Å². The Morgan fingerprint density at radius 1 is 1.47 bits per heavy atom. The summed E-state index contributed by atoms with van der Waals surface area (Å²) in [6, 6.07) is 1.95. The van der Waals surface area contributed by atoms with Crippen LogP contribution in [0.15, 0.2) is 12.3 Å². The van der Waals surface area contributed by atoms with Gasteiger partial charge in [0.05, 0.1) is 0 Å². The molecule has 2 aromatic heterocycles.